The van der Waals surface area contributed by atoms with Gasteiger partial charge in [0.25, 0.3) is 5.69 Å². The van der Waals surface area contributed by atoms with E-state index >= 15 is 0 Å². The predicted octanol–water partition coefficient (Wildman–Crippen LogP) is 2.56. The second-order valence-corrected chi connectivity index (χ2v) is 3.30. The molecule has 5 heteroatoms. The largest absolute Gasteiger partial charge is 0.276 e. The van der Waals surface area contributed by atoms with Crippen LogP contribution >= 0.6 is 0 Å². The molecule has 0 aliphatic heterocycles. The van der Waals surface area contributed by atoms with Gasteiger partial charge in [0, 0.05) is 12.3 Å². The smallest absolute Gasteiger partial charge is 0.258 e. The summed E-state index contributed by atoms with van der Waals surface area (Å²) in [5.41, 5.74) is 1.28. The molecule has 0 saturated carbocycles. The molecule has 84 valence electrons. The lowest BCUT2D eigenvalue weighted by atomic mass is 10.1. The zero-order valence-electron chi connectivity index (χ0n) is 8.85. The van der Waals surface area contributed by atoms with Crippen LogP contribution in [0, 0.1) is 10.1 Å². The topological polar surface area (TPSA) is 68.9 Å². The molecule has 0 unspecified atom stereocenters. The fourth-order valence-electron chi connectivity index (χ4n) is 1.37. The van der Waals surface area contributed by atoms with E-state index in [0.29, 0.717) is 11.3 Å². The summed E-state index contributed by atoms with van der Waals surface area (Å²) in [5.74, 6) is 0. The molecule has 1 aromatic heterocycles. The minimum atomic E-state index is -0.406. The minimum Gasteiger partial charge on any atom is -0.258 e. The van der Waals surface area contributed by atoms with E-state index in [2.05, 4.69) is 10.2 Å². The van der Waals surface area contributed by atoms with Gasteiger partial charge in [-0.25, -0.2) is 0 Å². The maximum atomic E-state index is 10.8. The Morgan fingerprint density at radius 3 is 2.65 bits per heavy atom. The van der Waals surface area contributed by atoms with Crippen LogP contribution in [0.25, 0.3) is 12.2 Å². The van der Waals surface area contributed by atoms with Crippen molar-refractivity contribution in [1.82, 2.24) is 10.2 Å². The van der Waals surface area contributed by atoms with Gasteiger partial charge in [-0.1, -0.05) is 12.1 Å². The maximum Gasteiger partial charge on any atom is 0.276 e. The molecule has 0 saturated heterocycles. The van der Waals surface area contributed by atoms with Crippen molar-refractivity contribution in [3.05, 3.63) is 64.0 Å². The van der Waals surface area contributed by atoms with E-state index in [1.165, 1.54) is 6.07 Å². The third-order valence-corrected chi connectivity index (χ3v) is 2.16. The average Bonchev–Trinajstić information content (AvgIpc) is 2.38. The van der Waals surface area contributed by atoms with Crippen molar-refractivity contribution < 1.29 is 4.92 Å². The number of para-hydroxylation sites is 1. The summed E-state index contributed by atoms with van der Waals surface area (Å²) in [4.78, 5) is 10.4. The first-order valence-corrected chi connectivity index (χ1v) is 4.96. The molecule has 2 rings (SSSR count). The SMILES string of the molecule is O=[N+]([O-])c1ccccc1/C=C/c1cccnn1. The Hall–Kier alpha value is -2.56. The predicted molar refractivity (Wildman–Crippen MR) is 64.1 cm³/mol. The number of rotatable bonds is 3. The van der Waals surface area contributed by atoms with E-state index in [0.717, 1.165) is 0 Å². The maximum absolute atomic E-state index is 10.8. The molecule has 0 aliphatic rings. The summed E-state index contributed by atoms with van der Waals surface area (Å²) in [6, 6.07) is 10.1. The van der Waals surface area contributed by atoms with E-state index in [1.807, 2.05) is 0 Å². The third-order valence-electron chi connectivity index (χ3n) is 2.16. The van der Waals surface area contributed by atoms with E-state index in [1.54, 1.807) is 48.7 Å². The van der Waals surface area contributed by atoms with Gasteiger partial charge in [-0.2, -0.15) is 10.2 Å². The van der Waals surface area contributed by atoms with Crippen LogP contribution in [0.5, 0.6) is 0 Å². The van der Waals surface area contributed by atoms with Gasteiger partial charge in [0.05, 0.1) is 16.2 Å². The van der Waals surface area contributed by atoms with Gasteiger partial charge in [0.2, 0.25) is 0 Å². The molecule has 0 radical (unpaired) electrons. The van der Waals surface area contributed by atoms with Crippen LogP contribution in [0.15, 0.2) is 42.6 Å². The Kier molecular flexibility index (Phi) is 3.20. The first kappa shape index (κ1) is 10.9. The Bertz CT molecular complexity index is 553. The van der Waals surface area contributed by atoms with Gasteiger partial charge in [-0.05, 0) is 30.4 Å². The molecule has 0 amide bonds. The normalized spacial score (nSPS) is 10.6. The van der Waals surface area contributed by atoms with Gasteiger partial charge in [-0.3, -0.25) is 10.1 Å². The molecule has 0 fully saturated rings. The van der Waals surface area contributed by atoms with Gasteiger partial charge < -0.3 is 0 Å². The van der Waals surface area contributed by atoms with Gasteiger partial charge in [0.1, 0.15) is 0 Å². The highest BCUT2D eigenvalue weighted by atomic mass is 16.6. The molecular weight excluding hydrogens is 218 g/mol. The van der Waals surface area contributed by atoms with Gasteiger partial charge in [0.15, 0.2) is 0 Å². The summed E-state index contributed by atoms with van der Waals surface area (Å²) in [5, 5.41) is 18.4. The average molecular weight is 227 g/mol. The Morgan fingerprint density at radius 1 is 1.12 bits per heavy atom. The summed E-state index contributed by atoms with van der Waals surface area (Å²) in [6.45, 7) is 0. The fourth-order valence-corrected chi connectivity index (χ4v) is 1.37. The number of nitro groups is 1. The summed E-state index contributed by atoms with van der Waals surface area (Å²) in [6.07, 6.45) is 4.92. The zero-order chi connectivity index (χ0) is 12.1. The number of benzene rings is 1. The summed E-state index contributed by atoms with van der Waals surface area (Å²) < 4.78 is 0. The van der Waals surface area contributed by atoms with Crippen molar-refractivity contribution in [2.75, 3.05) is 0 Å². The molecule has 2 aromatic rings. The first-order valence-electron chi connectivity index (χ1n) is 4.96. The van der Waals surface area contributed by atoms with Crippen LogP contribution in [0.1, 0.15) is 11.3 Å². The molecular formula is C12H9N3O2. The number of aromatic nitrogens is 2. The second kappa shape index (κ2) is 4.98. The lowest BCUT2D eigenvalue weighted by molar-refractivity contribution is -0.385. The fraction of sp³-hybridized carbons (Fsp3) is 0. The van der Waals surface area contributed by atoms with Crippen LogP contribution in [-0.2, 0) is 0 Å². The Labute approximate surface area is 97.6 Å². The van der Waals surface area contributed by atoms with Crippen molar-refractivity contribution in [3.63, 3.8) is 0 Å². The number of hydrogen-bond donors (Lipinski definition) is 0. The van der Waals surface area contributed by atoms with Crippen molar-refractivity contribution in [2.45, 2.75) is 0 Å². The van der Waals surface area contributed by atoms with Crippen LogP contribution < -0.4 is 0 Å². The van der Waals surface area contributed by atoms with E-state index in [-0.39, 0.29) is 5.69 Å². The van der Waals surface area contributed by atoms with E-state index in [9.17, 15) is 10.1 Å². The lowest BCUT2D eigenvalue weighted by Gasteiger charge is -1.96. The minimum absolute atomic E-state index is 0.0765. The molecule has 1 heterocycles. The van der Waals surface area contributed by atoms with Crippen molar-refractivity contribution in [2.24, 2.45) is 0 Å². The van der Waals surface area contributed by atoms with Gasteiger partial charge >= 0.3 is 0 Å². The Balaban J connectivity index is 2.30. The summed E-state index contributed by atoms with van der Waals surface area (Å²) >= 11 is 0. The molecule has 5 nitrogen and oxygen atoms in total. The summed E-state index contributed by atoms with van der Waals surface area (Å²) in [7, 11) is 0. The number of nitrogens with zero attached hydrogens (tertiary/aromatic N) is 3. The van der Waals surface area contributed by atoms with Crippen LogP contribution in [0.3, 0.4) is 0 Å². The standard InChI is InChI=1S/C12H9N3O2/c16-15(17)12-6-2-1-4-10(12)7-8-11-5-3-9-13-14-11/h1-9H/b8-7+. The molecule has 0 spiro atoms. The molecule has 1 aromatic carbocycles. The molecule has 17 heavy (non-hydrogen) atoms. The lowest BCUT2D eigenvalue weighted by Crippen LogP contribution is -1.90. The highest BCUT2D eigenvalue weighted by Crippen LogP contribution is 2.19. The molecule has 0 bridgehead atoms. The zero-order valence-corrected chi connectivity index (χ0v) is 8.85. The van der Waals surface area contributed by atoms with E-state index < -0.39 is 4.92 Å². The van der Waals surface area contributed by atoms with Crippen molar-refractivity contribution in [1.29, 1.82) is 0 Å². The molecule has 0 atom stereocenters. The van der Waals surface area contributed by atoms with Gasteiger partial charge in [-0.15, -0.1) is 0 Å². The molecule has 0 N–H and O–H groups in total. The first-order chi connectivity index (χ1) is 8.27. The van der Waals surface area contributed by atoms with Crippen molar-refractivity contribution >= 4 is 17.8 Å². The molecule has 0 aliphatic carbocycles. The van der Waals surface area contributed by atoms with Crippen molar-refractivity contribution in [3.8, 4) is 0 Å². The number of hydrogen-bond acceptors (Lipinski definition) is 4. The van der Waals surface area contributed by atoms with Crippen LogP contribution in [-0.4, -0.2) is 15.1 Å². The highest BCUT2D eigenvalue weighted by molar-refractivity contribution is 5.72. The highest BCUT2D eigenvalue weighted by Gasteiger charge is 2.08. The second-order valence-electron chi connectivity index (χ2n) is 3.30. The quantitative estimate of drug-likeness (QED) is 0.596. The number of nitro benzene ring substituents is 1. The van der Waals surface area contributed by atoms with Crippen LogP contribution in [0.2, 0.25) is 0 Å². The monoisotopic (exact) mass is 227 g/mol. The van der Waals surface area contributed by atoms with Crippen LogP contribution in [0.4, 0.5) is 5.69 Å². The van der Waals surface area contributed by atoms with E-state index in [4.69, 9.17) is 0 Å². The Morgan fingerprint density at radius 2 is 1.94 bits per heavy atom. The third kappa shape index (κ3) is 2.72.